The van der Waals surface area contributed by atoms with E-state index in [-0.39, 0.29) is 12.1 Å². The fourth-order valence-electron chi connectivity index (χ4n) is 3.34. The van der Waals surface area contributed by atoms with Crippen LogP contribution in [0.4, 0.5) is 0 Å². The van der Waals surface area contributed by atoms with Crippen molar-refractivity contribution in [2.75, 3.05) is 6.61 Å². The number of benzene rings is 1. The van der Waals surface area contributed by atoms with Crippen molar-refractivity contribution in [1.29, 1.82) is 0 Å². The Bertz CT molecular complexity index is 359. The summed E-state index contributed by atoms with van der Waals surface area (Å²) in [6, 6.07) is 11.0. The Morgan fingerprint density at radius 3 is 2.42 bits per heavy atom. The van der Waals surface area contributed by atoms with Crippen molar-refractivity contribution in [3.05, 3.63) is 35.9 Å². The maximum absolute atomic E-state index is 10.0. The molecule has 2 nitrogen and oxygen atoms in total. The fourth-order valence-corrected chi connectivity index (χ4v) is 3.34. The molecule has 1 unspecified atom stereocenters. The highest BCUT2D eigenvalue weighted by atomic mass is 16.3. The van der Waals surface area contributed by atoms with E-state index in [1.54, 1.807) is 0 Å². The van der Waals surface area contributed by atoms with Gasteiger partial charge >= 0.3 is 0 Å². The molecule has 2 N–H and O–H groups in total. The summed E-state index contributed by atoms with van der Waals surface area (Å²) in [7, 11) is 0. The number of rotatable bonds is 6. The summed E-state index contributed by atoms with van der Waals surface area (Å²) >= 11 is 0. The Balaban J connectivity index is 2.18. The lowest BCUT2D eigenvalue weighted by Gasteiger charge is -2.39. The number of nitrogens with one attached hydrogen (secondary N) is 1. The minimum absolute atomic E-state index is 0.182. The Morgan fingerprint density at radius 2 is 1.84 bits per heavy atom. The van der Waals surface area contributed by atoms with Crippen LogP contribution in [0.2, 0.25) is 0 Å². The second-order valence-corrected chi connectivity index (χ2v) is 5.84. The van der Waals surface area contributed by atoms with Crippen LogP contribution in [0.25, 0.3) is 0 Å². The number of aliphatic hydroxyl groups excluding tert-OH is 1. The van der Waals surface area contributed by atoms with Gasteiger partial charge in [-0.1, -0.05) is 62.9 Å². The van der Waals surface area contributed by atoms with Crippen molar-refractivity contribution < 1.29 is 5.11 Å². The molecule has 0 radical (unpaired) electrons. The van der Waals surface area contributed by atoms with E-state index in [1.807, 2.05) is 6.07 Å². The van der Waals surface area contributed by atoms with Gasteiger partial charge in [-0.25, -0.2) is 0 Å². The molecular formula is C17H27NO. The first-order valence-corrected chi connectivity index (χ1v) is 7.75. The van der Waals surface area contributed by atoms with Crippen LogP contribution in [0.3, 0.4) is 0 Å². The SMILES string of the molecule is CCCC(CO)(NC1CCCCC1)c1ccccc1. The number of hydrogen-bond donors (Lipinski definition) is 2. The zero-order valence-corrected chi connectivity index (χ0v) is 12.1. The summed E-state index contributed by atoms with van der Waals surface area (Å²) in [6.07, 6.45) is 8.57. The fraction of sp³-hybridized carbons (Fsp3) is 0.647. The predicted octanol–water partition coefficient (Wildman–Crippen LogP) is 3.60. The highest BCUT2D eigenvalue weighted by Crippen LogP contribution is 2.29. The molecule has 1 atom stereocenters. The van der Waals surface area contributed by atoms with Crippen LogP contribution in [0.1, 0.15) is 57.4 Å². The Hall–Kier alpha value is -0.860. The average molecular weight is 261 g/mol. The number of hydrogen-bond acceptors (Lipinski definition) is 2. The van der Waals surface area contributed by atoms with E-state index in [4.69, 9.17) is 0 Å². The first kappa shape index (κ1) is 14.5. The maximum Gasteiger partial charge on any atom is 0.0671 e. The van der Waals surface area contributed by atoms with Crippen LogP contribution in [0.15, 0.2) is 30.3 Å². The van der Waals surface area contributed by atoms with Crippen molar-refractivity contribution in [1.82, 2.24) is 5.32 Å². The molecule has 0 aromatic heterocycles. The monoisotopic (exact) mass is 261 g/mol. The Morgan fingerprint density at radius 1 is 1.16 bits per heavy atom. The molecule has 1 saturated carbocycles. The molecule has 1 aliphatic carbocycles. The van der Waals surface area contributed by atoms with E-state index in [2.05, 4.69) is 36.5 Å². The van der Waals surface area contributed by atoms with Crippen molar-refractivity contribution >= 4 is 0 Å². The molecule has 2 rings (SSSR count). The molecule has 1 aliphatic rings. The minimum atomic E-state index is -0.252. The maximum atomic E-state index is 10.0. The van der Waals surface area contributed by atoms with Gasteiger partial charge in [0.15, 0.2) is 0 Å². The summed E-state index contributed by atoms with van der Waals surface area (Å²) < 4.78 is 0. The molecule has 1 aromatic carbocycles. The van der Waals surface area contributed by atoms with E-state index in [0.29, 0.717) is 6.04 Å². The quantitative estimate of drug-likeness (QED) is 0.820. The minimum Gasteiger partial charge on any atom is -0.394 e. The predicted molar refractivity (Wildman–Crippen MR) is 80.1 cm³/mol. The summed E-state index contributed by atoms with van der Waals surface area (Å²) in [5.74, 6) is 0. The van der Waals surface area contributed by atoms with E-state index in [0.717, 1.165) is 12.8 Å². The van der Waals surface area contributed by atoms with Gasteiger partial charge in [-0.05, 0) is 24.8 Å². The van der Waals surface area contributed by atoms with Crippen LogP contribution < -0.4 is 5.32 Å². The molecule has 19 heavy (non-hydrogen) atoms. The molecule has 1 aromatic rings. The van der Waals surface area contributed by atoms with Crippen molar-refractivity contribution in [3.8, 4) is 0 Å². The van der Waals surface area contributed by atoms with Gasteiger partial charge in [0.2, 0.25) is 0 Å². The zero-order chi connectivity index (χ0) is 13.6. The van der Waals surface area contributed by atoms with Gasteiger partial charge < -0.3 is 10.4 Å². The lowest BCUT2D eigenvalue weighted by molar-refractivity contribution is 0.127. The molecule has 0 bridgehead atoms. The molecule has 0 aliphatic heterocycles. The van der Waals surface area contributed by atoms with Gasteiger partial charge in [0, 0.05) is 6.04 Å². The summed E-state index contributed by atoms with van der Waals surface area (Å²) in [5, 5.41) is 13.8. The van der Waals surface area contributed by atoms with Crippen LogP contribution in [0, 0.1) is 0 Å². The Kier molecular flexibility index (Phi) is 5.41. The summed E-state index contributed by atoms with van der Waals surface area (Å²) in [5.41, 5.74) is 0.975. The van der Waals surface area contributed by atoms with E-state index < -0.39 is 0 Å². The molecule has 0 amide bonds. The summed E-state index contributed by atoms with van der Waals surface area (Å²) in [6.45, 7) is 2.37. The topological polar surface area (TPSA) is 32.3 Å². The van der Waals surface area contributed by atoms with E-state index in [9.17, 15) is 5.11 Å². The molecule has 0 heterocycles. The third kappa shape index (κ3) is 3.58. The second-order valence-electron chi connectivity index (χ2n) is 5.84. The average Bonchev–Trinajstić information content (AvgIpc) is 2.49. The Labute approximate surface area is 117 Å². The summed E-state index contributed by atoms with van der Waals surface area (Å²) in [4.78, 5) is 0. The van der Waals surface area contributed by atoms with Gasteiger partial charge in [0.1, 0.15) is 0 Å². The third-order valence-corrected chi connectivity index (χ3v) is 4.36. The van der Waals surface area contributed by atoms with Crippen molar-refractivity contribution in [2.24, 2.45) is 0 Å². The van der Waals surface area contributed by atoms with Gasteiger partial charge in [-0.3, -0.25) is 0 Å². The van der Waals surface area contributed by atoms with Gasteiger partial charge in [0.25, 0.3) is 0 Å². The lowest BCUT2D eigenvalue weighted by atomic mass is 9.83. The molecule has 1 fully saturated rings. The normalized spacial score (nSPS) is 20.1. The molecule has 0 spiro atoms. The van der Waals surface area contributed by atoms with Gasteiger partial charge in [-0.15, -0.1) is 0 Å². The van der Waals surface area contributed by atoms with Crippen LogP contribution in [-0.4, -0.2) is 17.8 Å². The standard InChI is InChI=1S/C17H27NO/c1-2-13-17(14-19,15-9-5-3-6-10-15)18-16-11-7-4-8-12-16/h3,5-6,9-10,16,18-19H,2,4,7-8,11-14H2,1H3. The van der Waals surface area contributed by atoms with Gasteiger partial charge in [0.05, 0.1) is 12.1 Å². The first-order valence-electron chi connectivity index (χ1n) is 7.75. The van der Waals surface area contributed by atoms with E-state index in [1.165, 1.54) is 37.7 Å². The highest BCUT2D eigenvalue weighted by molar-refractivity contribution is 5.25. The van der Waals surface area contributed by atoms with Crippen LogP contribution >= 0.6 is 0 Å². The van der Waals surface area contributed by atoms with Crippen molar-refractivity contribution in [3.63, 3.8) is 0 Å². The second kappa shape index (κ2) is 7.06. The van der Waals surface area contributed by atoms with Crippen molar-refractivity contribution in [2.45, 2.75) is 63.5 Å². The molecule has 106 valence electrons. The first-order chi connectivity index (χ1) is 9.30. The molecular weight excluding hydrogens is 234 g/mol. The largest absolute Gasteiger partial charge is 0.394 e. The zero-order valence-electron chi connectivity index (χ0n) is 12.1. The molecule has 0 saturated heterocycles. The smallest absolute Gasteiger partial charge is 0.0671 e. The van der Waals surface area contributed by atoms with E-state index >= 15 is 0 Å². The molecule has 2 heteroatoms. The highest BCUT2D eigenvalue weighted by Gasteiger charge is 2.33. The number of aliphatic hydroxyl groups is 1. The third-order valence-electron chi connectivity index (χ3n) is 4.36. The van der Waals surface area contributed by atoms with Crippen LogP contribution in [0.5, 0.6) is 0 Å². The van der Waals surface area contributed by atoms with Crippen LogP contribution in [-0.2, 0) is 5.54 Å². The van der Waals surface area contributed by atoms with Gasteiger partial charge in [-0.2, -0.15) is 0 Å². The lowest BCUT2D eigenvalue weighted by Crippen LogP contribution is -2.51.